The Balaban J connectivity index is 0.000000523. The number of rotatable bonds is 4. The third kappa shape index (κ3) is 14.2. The van der Waals surface area contributed by atoms with E-state index in [1.807, 2.05) is 0 Å². The van der Waals surface area contributed by atoms with Gasteiger partial charge in [0.15, 0.2) is 0 Å². The lowest BCUT2D eigenvalue weighted by Crippen LogP contribution is -2.12. The van der Waals surface area contributed by atoms with E-state index in [4.69, 9.17) is 0 Å². The highest BCUT2D eigenvalue weighted by molar-refractivity contribution is 5.27. The molecule has 4 atom stereocenters. The molecule has 1 saturated carbocycles. The van der Waals surface area contributed by atoms with Gasteiger partial charge in [-0.3, -0.25) is 0 Å². The molecule has 0 spiro atoms. The molecule has 3 aromatic carbocycles. The molecular formula is C37H58. The summed E-state index contributed by atoms with van der Waals surface area (Å²) in [5, 5.41) is 0. The lowest BCUT2D eigenvalue weighted by molar-refractivity contribution is 0.277. The Morgan fingerprint density at radius 2 is 0.865 bits per heavy atom. The van der Waals surface area contributed by atoms with Crippen molar-refractivity contribution in [3.63, 3.8) is 0 Å². The molecule has 0 saturated heterocycles. The van der Waals surface area contributed by atoms with Crippen molar-refractivity contribution in [2.75, 3.05) is 0 Å². The zero-order valence-corrected chi connectivity index (χ0v) is 24.6. The molecular weight excluding hydrogens is 444 g/mol. The molecule has 37 heavy (non-hydrogen) atoms. The number of aryl methyl sites for hydroxylation is 2. The zero-order chi connectivity index (χ0) is 26.8. The quantitative estimate of drug-likeness (QED) is 0.333. The van der Waals surface area contributed by atoms with Crippen molar-refractivity contribution in [2.45, 2.75) is 113 Å². The minimum absolute atomic E-state index is 0. The van der Waals surface area contributed by atoms with Gasteiger partial charge in [0, 0.05) is 0 Å². The molecule has 0 aromatic heterocycles. The molecule has 1 aliphatic rings. The molecule has 0 bridgehead atoms. The minimum atomic E-state index is 0. The smallest absolute Gasteiger partial charge is 0.0124 e. The third-order valence-electron chi connectivity index (χ3n) is 7.87. The van der Waals surface area contributed by atoms with Crippen molar-refractivity contribution >= 4 is 0 Å². The van der Waals surface area contributed by atoms with E-state index in [2.05, 4.69) is 140 Å². The van der Waals surface area contributed by atoms with Crippen LogP contribution in [0.1, 0.15) is 122 Å². The van der Waals surface area contributed by atoms with Crippen molar-refractivity contribution < 1.29 is 0 Å². The maximum Gasteiger partial charge on any atom is -0.0124 e. The molecule has 4 rings (SSSR count). The average Bonchev–Trinajstić information content (AvgIpc) is 2.93. The van der Waals surface area contributed by atoms with Crippen LogP contribution in [0.15, 0.2) is 84.9 Å². The van der Waals surface area contributed by atoms with Crippen LogP contribution in [0.25, 0.3) is 0 Å². The van der Waals surface area contributed by atoms with Crippen LogP contribution in [0.2, 0.25) is 0 Å². The highest BCUT2D eigenvalue weighted by atomic mass is 14.2. The molecule has 206 valence electrons. The van der Waals surface area contributed by atoms with Gasteiger partial charge in [0.25, 0.3) is 0 Å². The summed E-state index contributed by atoms with van der Waals surface area (Å²) in [7, 11) is 0. The lowest BCUT2D eigenvalue weighted by atomic mass is 9.82. The first-order chi connectivity index (χ1) is 17.3. The van der Waals surface area contributed by atoms with Crippen molar-refractivity contribution in [1.82, 2.24) is 0 Å². The maximum absolute atomic E-state index is 2.38. The van der Waals surface area contributed by atoms with E-state index >= 15 is 0 Å². The van der Waals surface area contributed by atoms with Gasteiger partial charge in [-0.25, -0.2) is 0 Å². The van der Waals surface area contributed by atoms with E-state index in [0.717, 1.165) is 11.8 Å². The van der Waals surface area contributed by atoms with Crippen molar-refractivity contribution in [2.24, 2.45) is 11.8 Å². The average molecular weight is 503 g/mol. The lowest BCUT2D eigenvalue weighted by Gasteiger charge is -2.24. The van der Waals surface area contributed by atoms with Gasteiger partial charge in [-0.05, 0) is 59.8 Å². The first-order valence-corrected chi connectivity index (χ1v) is 14.4. The van der Waals surface area contributed by atoms with E-state index in [-0.39, 0.29) is 7.43 Å². The van der Waals surface area contributed by atoms with Crippen LogP contribution in [0.3, 0.4) is 0 Å². The van der Waals surface area contributed by atoms with Crippen LogP contribution in [-0.2, 0) is 0 Å². The first kappa shape index (κ1) is 34.7. The van der Waals surface area contributed by atoms with E-state index in [1.165, 1.54) is 60.8 Å². The third-order valence-corrected chi connectivity index (χ3v) is 7.87. The fourth-order valence-electron chi connectivity index (χ4n) is 4.25. The SMILES string of the molecule is C.CCCC.C[C@H](c1ccccc1)[C@@H](C)c1ccccc1.C[C@H]1CCCC[C@@H]1C.Cc1ccccc1C. The normalized spacial score (nSPS) is 17.6. The molecule has 1 fully saturated rings. The van der Waals surface area contributed by atoms with E-state index in [1.54, 1.807) is 0 Å². The fourth-order valence-corrected chi connectivity index (χ4v) is 4.25. The Hall–Kier alpha value is -2.34. The van der Waals surface area contributed by atoms with E-state index in [9.17, 15) is 0 Å². The Labute approximate surface area is 231 Å². The fraction of sp³-hybridized carbons (Fsp3) is 0.514. The van der Waals surface area contributed by atoms with Crippen LogP contribution in [0.5, 0.6) is 0 Å². The van der Waals surface area contributed by atoms with Crippen LogP contribution in [0, 0.1) is 25.7 Å². The highest BCUT2D eigenvalue weighted by Gasteiger charge is 2.16. The van der Waals surface area contributed by atoms with E-state index < -0.39 is 0 Å². The van der Waals surface area contributed by atoms with Crippen molar-refractivity contribution in [1.29, 1.82) is 0 Å². The summed E-state index contributed by atoms with van der Waals surface area (Å²) in [6, 6.07) is 29.8. The van der Waals surface area contributed by atoms with Crippen LogP contribution in [0.4, 0.5) is 0 Å². The first-order valence-electron chi connectivity index (χ1n) is 14.4. The van der Waals surface area contributed by atoms with Gasteiger partial charge in [-0.1, -0.05) is 172 Å². The summed E-state index contributed by atoms with van der Waals surface area (Å²) in [5.74, 6) is 3.12. The van der Waals surface area contributed by atoms with Crippen LogP contribution >= 0.6 is 0 Å². The summed E-state index contributed by atoms with van der Waals surface area (Å²) < 4.78 is 0. The maximum atomic E-state index is 2.38. The molecule has 0 radical (unpaired) electrons. The van der Waals surface area contributed by atoms with Crippen LogP contribution < -0.4 is 0 Å². The largest absolute Gasteiger partial charge is 0.0776 e. The Morgan fingerprint density at radius 3 is 1.11 bits per heavy atom. The predicted molar refractivity (Wildman–Crippen MR) is 170 cm³/mol. The Morgan fingerprint density at radius 1 is 0.568 bits per heavy atom. The van der Waals surface area contributed by atoms with Crippen molar-refractivity contribution in [3.05, 3.63) is 107 Å². The number of unbranched alkanes of at least 4 members (excludes halogenated alkanes) is 1. The molecule has 0 heteroatoms. The monoisotopic (exact) mass is 502 g/mol. The number of hydrogen-bond donors (Lipinski definition) is 0. The van der Waals surface area contributed by atoms with Gasteiger partial charge < -0.3 is 0 Å². The topological polar surface area (TPSA) is 0 Å². The summed E-state index contributed by atoms with van der Waals surface area (Å²) >= 11 is 0. The van der Waals surface area contributed by atoms with Gasteiger partial charge in [-0.2, -0.15) is 0 Å². The van der Waals surface area contributed by atoms with Gasteiger partial charge in [0.1, 0.15) is 0 Å². The number of hydrogen-bond acceptors (Lipinski definition) is 0. The van der Waals surface area contributed by atoms with Gasteiger partial charge in [0.2, 0.25) is 0 Å². The molecule has 0 heterocycles. The summed E-state index contributed by atoms with van der Waals surface area (Å²) in [5.41, 5.74) is 5.57. The standard InChI is InChI=1S/C16H18.C8H16.C8H10.C4H10.CH4/c1-13(15-9-5-3-6-10-15)14(2)16-11-7-4-8-12-16;2*1-7-5-3-4-6-8(7)2;1-3-4-2;/h3-14H,1-2H3;7-8H,3-6H2,1-2H3;3-6H,1-2H3;3-4H2,1-2H3;1H4/t13-,14+;7-,8-;;;/m.0.../s1. The van der Waals surface area contributed by atoms with Gasteiger partial charge in [-0.15, -0.1) is 0 Å². The van der Waals surface area contributed by atoms with E-state index in [0.29, 0.717) is 11.8 Å². The molecule has 0 unspecified atom stereocenters. The molecule has 0 nitrogen and oxygen atoms in total. The Bertz CT molecular complexity index is 819. The molecule has 0 N–H and O–H groups in total. The molecule has 0 aliphatic heterocycles. The summed E-state index contributed by atoms with van der Waals surface area (Å²) in [6.45, 7) is 18.0. The zero-order valence-electron chi connectivity index (χ0n) is 24.6. The van der Waals surface area contributed by atoms with Crippen molar-refractivity contribution in [3.8, 4) is 0 Å². The molecule has 3 aromatic rings. The molecule has 0 amide bonds. The number of benzene rings is 3. The summed E-state index contributed by atoms with van der Waals surface area (Å²) in [6.07, 6.45) is 8.54. The second-order valence-corrected chi connectivity index (χ2v) is 10.7. The summed E-state index contributed by atoms with van der Waals surface area (Å²) in [4.78, 5) is 0. The van der Waals surface area contributed by atoms with Crippen LogP contribution in [-0.4, -0.2) is 0 Å². The minimum Gasteiger partial charge on any atom is -0.0776 e. The second kappa shape index (κ2) is 20.7. The van der Waals surface area contributed by atoms with Gasteiger partial charge >= 0.3 is 0 Å². The van der Waals surface area contributed by atoms with Gasteiger partial charge in [0.05, 0.1) is 0 Å². The highest BCUT2D eigenvalue weighted by Crippen LogP contribution is 2.31. The molecule has 1 aliphatic carbocycles. The second-order valence-electron chi connectivity index (χ2n) is 10.7. The Kier molecular flexibility index (Phi) is 19.4. The predicted octanol–water partition coefficient (Wildman–Crippen LogP) is 12.2.